The standard InChI is InChI=1S/C22H20N4O3/c1-25(14-15-11-12-23-18-10-6-5-9-17(15)18)21(27)19-13-20(22(28)29)26(24-19)16-7-3-2-4-8-16/h2-12,20H,13-14H2,1H3,(H,28,29). The van der Waals surface area contributed by atoms with Crippen LogP contribution in [-0.4, -0.2) is 45.7 Å². The minimum Gasteiger partial charge on any atom is -0.480 e. The molecule has 2 heterocycles. The Bertz CT molecular complexity index is 1090. The van der Waals surface area contributed by atoms with E-state index in [1.54, 1.807) is 30.3 Å². The molecule has 1 atom stereocenters. The highest BCUT2D eigenvalue weighted by atomic mass is 16.4. The van der Waals surface area contributed by atoms with E-state index in [4.69, 9.17) is 0 Å². The van der Waals surface area contributed by atoms with Crippen molar-refractivity contribution in [1.29, 1.82) is 0 Å². The number of anilines is 1. The Hall–Kier alpha value is -3.74. The number of aliphatic carboxylic acids is 1. The zero-order chi connectivity index (χ0) is 20.4. The van der Waals surface area contributed by atoms with Crippen LogP contribution < -0.4 is 5.01 Å². The van der Waals surface area contributed by atoms with Crippen LogP contribution in [0.25, 0.3) is 10.9 Å². The highest BCUT2D eigenvalue weighted by Crippen LogP contribution is 2.25. The van der Waals surface area contributed by atoms with Gasteiger partial charge in [0.25, 0.3) is 5.91 Å². The molecular weight excluding hydrogens is 368 g/mol. The van der Waals surface area contributed by atoms with E-state index in [9.17, 15) is 14.7 Å². The third-order valence-corrected chi connectivity index (χ3v) is 4.96. The Morgan fingerprint density at radius 1 is 1.10 bits per heavy atom. The molecule has 0 aliphatic carbocycles. The van der Waals surface area contributed by atoms with Crippen LogP contribution in [0.4, 0.5) is 5.69 Å². The van der Waals surface area contributed by atoms with Gasteiger partial charge in [0, 0.05) is 31.6 Å². The molecule has 2 aromatic carbocycles. The number of carboxylic acid groups (broad SMARTS) is 1. The monoisotopic (exact) mass is 388 g/mol. The molecule has 1 aliphatic rings. The maximum atomic E-state index is 13.0. The number of aromatic nitrogens is 1. The topological polar surface area (TPSA) is 86.1 Å². The summed E-state index contributed by atoms with van der Waals surface area (Å²) in [6, 6.07) is 17.8. The number of fused-ring (bicyclic) bond motifs is 1. The van der Waals surface area contributed by atoms with E-state index in [1.807, 2.05) is 48.5 Å². The number of hydrogen-bond donors (Lipinski definition) is 1. The molecule has 3 aromatic rings. The average Bonchev–Trinajstić information content (AvgIpc) is 3.20. The summed E-state index contributed by atoms with van der Waals surface area (Å²) >= 11 is 0. The number of para-hydroxylation sites is 2. The van der Waals surface area contributed by atoms with E-state index in [-0.39, 0.29) is 18.0 Å². The van der Waals surface area contributed by atoms with Gasteiger partial charge in [0.05, 0.1) is 11.2 Å². The highest BCUT2D eigenvalue weighted by molar-refractivity contribution is 6.40. The first-order valence-corrected chi connectivity index (χ1v) is 9.27. The van der Waals surface area contributed by atoms with Crippen LogP contribution in [0.5, 0.6) is 0 Å². The predicted octanol–water partition coefficient (Wildman–Crippen LogP) is 2.91. The Balaban J connectivity index is 1.57. The summed E-state index contributed by atoms with van der Waals surface area (Å²) in [5.41, 5.74) is 2.72. The SMILES string of the molecule is CN(Cc1ccnc2ccccc12)C(=O)C1=NN(c2ccccc2)C(C(=O)O)C1. The van der Waals surface area contributed by atoms with E-state index in [0.717, 1.165) is 16.5 Å². The van der Waals surface area contributed by atoms with Crippen LogP contribution in [-0.2, 0) is 16.1 Å². The van der Waals surface area contributed by atoms with Crippen molar-refractivity contribution in [1.82, 2.24) is 9.88 Å². The molecule has 29 heavy (non-hydrogen) atoms. The molecule has 1 aliphatic heterocycles. The van der Waals surface area contributed by atoms with Crippen molar-refractivity contribution in [2.24, 2.45) is 5.10 Å². The van der Waals surface area contributed by atoms with E-state index < -0.39 is 12.0 Å². The van der Waals surface area contributed by atoms with Gasteiger partial charge >= 0.3 is 5.97 Å². The number of rotatable bonds is 5. The number of hydrazone groups is 1. The van der Waals surface area contributed by atoms with Gasteiger partial charge in [0.15, 0.2) is 6.04 Å². The molecule has 1 unspecified atom stereocenters. The first kappa shape index (κ1) is 18.6. The summed E-state index contributed by atoms with van der Waals surface area (Å²) in [5, 5.41) is 16.3. The van der Waals surface area contributed by atoms with Crippen LogP contribution in [0, 0.1) is 0 Å². The molecule has 7 heteroatoms. The number of amides is 1. The molecule has 4 rings (SSSR count). The van der Waals surface area contributed by atoms with Crippen LogP contribution in [0.2, 0.25) is 0 Å². The van der Waals surface area contributed by atoms with E-state index in [1.165, 1.54) is 5.01 Å². The molecule has 0 bridgehead atoms. The Morgan fingerprint density at radius 2 is 1.83 bits per heavy atom. The number of carbonyl (C=O) groups is 2. The Labute approximate surface area is 167 Å². The summed E-state index contributed by atoms with van der Waals surface area (Å²) in [4.78, 5) is 30.6. The number of benzene rings is 2. The first-order valence-electron chi connectivity index (χ1n) is 9.27. The summed E-state index contributed by atoms with van der Waals surface area (Å²) in [5.74, 6) is -1.29. The van der Waals surface area contributed by atoms with E-state index in [0.29, 0.717) is 12.2 Å². The lowest BCUT2D eigenvalue weighted by Crippen LogP contribution is -2.36. The van der Waals surface area contributed by atoms with Gasteiger partial charge in [0.2, 0.25) is 0 Å². The molecule has 146 valence electrons. The van der Waals surface area contributed by atoms with Gasteiger partial charge in [-0.3, -0.25) is 14.8 Å². The van der Waals surface area contributed by atoms with Crippen LogP contribution >= 0.6 is 0 Å². The molecule has 0 fully saturated rings. The fourth-order valence-electron chi connectivity index (χ4n) is 3.49. The molecule has 1 aromatic heterocycles. The van der Waals surface area contributed by atoms with Crippen molar-refractivity contribution in [3.8, 4) is 0 Å². The molecule has 0 spiro atoms. The second kappa shape index (κ2) is 7.71. The minimum absolute atomic E-state index is 0.0600. The molecule has 0 saturated heterocycles. The normalized spacial score (nSPS) is 16.0. The zero-order valence-corrected chi connectivity index (χ0v) is 15.9. The summed E-state index contributed by atoms with van der Waals surface area (Å²) in [7, 11) is 1.70. The Morgan fingerprint density at radius 3 is 2.59 bits per heavy atom. The number of pyridine rings is 1. The molecular formula is C22H20N4O3. The number of hydrogen-bond acceptors (Lipinski definition) is 5. The van der Waals surface area contributed by atoms with E-state index >= 15 is 0 Å². The van der Waals surface area contributed by atoms with Gasteiger partial charge in [-0.05, 0) is 29.8 Å². The number of carbonyl (C=O) groups excluding carboxylic acids is 1. The van der Waals surface area contributed by atoms with Crippen molar-refractivity contribution < 1.29 is 14.7 Å². The lowest BCUT2D eigenvalue weighted by Gasteiger charge is -2.19. The van der Waals surface area contributed by atoms with Gasteiger partial charge in [-0.25, -0.2) is 4.79 Å². The van der Waals surface area contributed by atoms with Crippen LogP contribution in [0.1, 0.15) is 12.0 Å². The lowest BCUT2D eigenvalue weighted by atomic mass is 10.1. The predicted molar refractivity (Wildman–Crippen MR) is 111 cm³/mol. The van der Waals surface area contributed by atoms with Crippen molar-refractivity contribution in [3.63, 3.8) is 0 Å². The van der Waals surface area contributed by atoms with Gasteiger partial charge in [-0.1, -0.05) is 36.4 Å². The summed E-state index contributed by atoms with van der Waals surface area (Å²) in [6.07, 6.45) is 1.78. The number of carboxylic acids is 1. The second-order valence-electron chi connectivity index (χ2n) is 6.93. The molecule has 1 N–H and O–H groups in total. The summed E-state index contributed by atoms with van der Waals surface area (Å²) in [6.45, 7) is 0.379. The van der Waals surface area contributed by atoms with Crippen molar-refractivity contribution in [3.05, 3.63) is 72.4 Å². The third kappa shape index (κ3) is 3.67. The van der Waals surface area contributed by atoms with Crippen LogP contribution in [0.15, 0.2) is 72.0 Å². The third-order valence-electron chi connectivity index (χ3n) is 4.96. The molecule has 0 saturated carbocycles. The quantitative estimate of drug-likeness (QED) is 0.726. The van der Waals surface area contributed by atoms with Gasteiger partial charge in [-0.15, -0.1) is 0 Å². The minimum atomic E-state index is -1.01. The smallest absolute Gasteiger partial charge is 0.328 e. The lowest BCUT2D eigenvalue weighted by molar-refractivity contribution is -0.138. The van der Waals surface area contributed by atoms with Gasteiger partial charge < -0.3 is 10.0 Å². The molecule has 1 amide bonds. The Kier molecular flexibility index (Phi) is 4.95. The zero-order valence-electron chi connectivity index (χ0n) is 15.9. The van der Waals surface area contributed by atoms with E-state index in [2.05, 4.69) is 10.1 Å². The first-order chi connectivity index (χ1) is 14.0. The fraction of sp³-hybridized carbons (Fsp3) is 0.182. The average molecular weight is 388 g/mol. The van der Waals surface area contributed by atoms with Gasteiger partial charge in [-0.2, -0.15) is 5.10 Å². The van der Waals surface area contributed by atoms with Crippen molar-refractivity contribution >= 4 is 34.2 Å². The maximum Gasteiger partial charge on any atom is 0.328 e. The molecule has 0 radical (unpaired) electrons. The maximum absolute atomic E-state index is 13.0. The highest BCUT2D eigenvalue weighted by Gasteiger charge is 2.37. The summed E-state index contributed by atoms with van der Waals surface area (Å²) < 4.78 is 0. The van der Waals surface area contributed by atoms with Crippen molar-refractivity contribution in [2.45, 2.75) is 19.0 Å². The number of nitrogens with zero attached hydrogens (tertiary/aromatic N) is 4. The van der Waals surface area contributed by atoms with Crippen molar-refractivity contribution in [2.75, 3.05) is 12.1 Å². The van der Waals surface area contributed by atoms with Crippen LogP contribution in [0.3, 0.4) is 0 Å². The van der Waals surface area contributed by atoms with Gasteiger partial charge in [0.1, 0.15) is 5.71 Å². The molecule has 7 nitrogen and oxygen atoms in total. The fourth-order valence-corrected chi connectivity index (χ4v) is 3.49. The largest absolute Gasteiger partial charge is 0.480 e. The second-order valence-corrected chi connectivity index (χ2v) is 6.93.